The molecule has 0 spiro atoms. The third-order valence-corrected chi connectivity index (χ3v) is 3.32. The zero-order valence-corrected chi connectivity index (χ0v) is 10.8. The quantitative estimate of drug-likeness (QED) is 0.833. The average Bonchev–Trinajstić information content (AvgIpc) is 2.98. The van der Waals surface area contributed by atoms with E-state index in [1.165, 1.54) is 11.3 Å². The van der Waals surface area contributed by atoms with Gasteiger partial charge in [0, 0.05) is 31.4 Å². The number of aryl methyl sites for hydroxylation is 1. The topological polar surface area (TPSA) is 38.1 Å². The van der Waals surface area contributed by atoms with Crippen LogP contribution in [0, 0.1) is 0 Å². The van der Waals surface area contributed by atoms with Crippen molar-refractivity contribution in [2.45, 2.75) is 20.0 Å². The van der Waals surface area contributed by atoms with Crippen LogP contribution in [0.2, 0.25) is 0 Å². The Morgan fingerprint density at radius 3 is 3.06 bits per heavy atom. The normalized spacial score (nSPS) is 10.5. The zero-order valence-electron chi connectivity index (χ0n) is 9.96. The van der Waals surface area contributed by atoms with E-state index in [0.29, 0.717) is 6.54 Å². The molecule has 2 aromatic heterocycles. The summed E-state index contributed by atoms with van der Waals surface area (Å²) in [5.74, 6) is 0.954. The van der Waals surface area contributed by atoms with Gasteiger partial charge in [-0.1, -0.05) is 0 Å². The Labute approximate surface area is 105 Å². The number of aromatic nitrogens is 2. The minimum Gasteiger partial charge on any atom is -0.334 e. The molecule has 0 fully saturated rings. The van der Waals surface area contributed by atoms with E-state index in [1.54, 1.807) is 18.1 Å². The van der Waals surface area contributed by atoms with Gasteiger partial charge in [0.05, 0.1) is 12.1 Å². The van der Waals surface area contributed by atoms with Crippen molar-refractivity contribution in [3.8, 4) is 0 Å². The maximum Gasteiger partial charge on any atom is 0.254 e. The van der Waals surface area contributed by atoms with Crippen LogP contribution < -0.4 is 0 Å². The molecule has 0 aromatic carbocycles. The van der Waals surface area contributed by atoms with Crippen molar-refractivity contribution >= 4 is 17.2 Å². The Balaban J connectivity index is 2.07. The molecule has 0 saturated carbocycles. The molecule has 0 N–H and O–H groups in total. The molecule has 0 aliphatic rings. The van der Waals surface area contributed by atoms with Crippen molar-refractivity contribution in [2.24, 2.45) is 0 Å². The molecule has 0 bridgehead atoms. The van der Waals surface area contributed by atoms with Gasteiger partial charge in [0.1, 0.15) is 5.82 Å². The number of imidazole rings is 1. The Hall–Kier alpha value is -1.62. The van der Waals surface area contributed by atoms with Crippen LogP contribution in [0.4, 0.5) is 0 Å². The van der Waals surface area contributed by atoms with Crippen LogP contribution in [0.1, 0.15) is 23.1 Å². The lowest BCUT2D eigenvalue weighted by Crippen LogP contribution is -2.27. The van der Waals surface area contributed by atoms with Crippen LogP contribution in [0.3, 0.4) is 0 Å². The largest absolute Gasteiger partial charge is 0.334 e. The molecule has 0 aliphatic heterocycles. The number of hydrogen-bond acceptors (Lipinski definition) is 3. The van der Waals surface area contributed by atoms with Crippen molar-refractivity contribution in [1.82, 2.24) is 14.5 Å². The van der Waals surface area contributed by atoms with Gasteiger partial charge >= 0.3 is 0 Å². The van der Waals surface area contributed by atoms with Gasteiger partial charge in [0.15, 0.2) is 0 Å². The molecule has 17 heavy (non-hydrogen) atoms. The Bertz CT molecular complexity index is 490. The third kappa shape index (κ3) is 2.55. The molecule has 0 atom stereocenters. The SMILES string of the molecule is CCn1ccnc1CN(C)C(=O)c1ccsc1. The van der Waals surface area contributed by atoms with E-state index in [9.17, 15) is 4.79 Å². The summed E-state index contributed by atoms with van der Waals surface area (Å²) in [6.45, 7) is 3.47. The Morgan fingerprint density at radius 2 is 2.41 bits per heavy atom. The van der Waals surface area contributed by atoms with Gasteiger partial charge < -0.3 is 9.47 Å². The van der Waals surface area contributed by atoms with E-state index in [0.717, 1.165) is 17.9 Å². The van der Waals surface area contributed by atoms with Gasteiger partial charge in [0.2, 0.25) is 0 Å². The van der Waals surface area contributed by atoms with E-state index < -0.39 is 0 Å². The fourth-order valence-corrected chi connectivity index (χ4v) is 2.30. The molecule has 90 valence electrons. The highest BCUT2D eigenvalue weighted by Gasteiger charge is 2.14. The lowest BCUT2D eigenvalue weighted by Gasteiger charge is -2.16. The lowest BCUT2D eigenvalue weighted by atomic mass is 10.3. The number of carbonyl (C=O) groups is 1. The van der Waals surface area contributed by atoms with Crippen LogP contribution in [-0.4, -0.2) is 27.4 Å². The van der Waals surface area contributed by atoms with E-state index in [-0.39, 0.29) is 5.91 Å². The Kier molecular flexibility index (Phi) is 3.58. The molecule has 0 unspecified atom stereocenters. The fourth-order valence-electron chi connectivity index (χ4n) is 1.67. The summed E-state index contributed by atoms with van der Waals surface area (Å²) in [6.07, 6.45) is 3.69. The van der Waals surface area contributed by atoms with Crippen LogP contribution in [0.5, 0.6) is 0 Å². The second-order valence-electron chi connectivity index (χ2n) is 3.80. The van der Waals surface area contributed by atoms with Crippen LogP contribution >= 0.6 is 11.3 Å². The highest BCUT2D eigenvalue weighted by Crippen LogP contribution is 2.10. The zero-order chi connectivity index (χ0) is 12.3. The minimum absolute atomic E-state index is 0.0388. The summed E-state index contributed by atoms with van der Waals surface area (Å²) < 4.78 is 2.04. The monoisotopic (exact) mass is 249 g/mol. The first-order valence-electron chi connectivity index (χ1n) is 5.50. The van der Waals surface area contributed by atoms with Crippen molar-refractivity contribution < 1.29 is 4.79 Å². The summed E-state index contributed by atoms with van der Waals surface area (Å²) >= 11 is 1.53. The van der Waals surface area contributed by atoms with Crippen LogP contribution in [-0.2, 0) is 13.1 Å². The molecule has 4 nitrogen and oxygen atoms in total. The molecular formula is C12H15N3OS. The van der Waals surface area contributed by atoms with Gasteiger partial charge in [-0.05, 0) is 18.4 Å². The van der Waals surface area contributed by atoms with E-state index >= 15 is 0 Å². The first-order chi connectivity index (χ1) is 8.22. The standard InChI is InChI=1S/C12H15N3OS/c1-3-15-6-5-13-11(15)8-14(2)12(16)10-4-7-17-9-10/h4-7,9H,3,8H2,1-2H3. The number of hydrogen-bond donors (Lipinski definition) is 0. The van der Waals surface area contributed by atoms with Gasteiger partial charge in [-0.3, -0.25) is 4.79 Å². The van der Waals surface area contributed by atoms with Crippen LogP contribution in [0.25, 0.3) is 0 Å². The van der Waals surface area contributed by atoms with Crippen LogP contribution in [0.15, 0.2) is 29.2 Å². The second-order valence-corrected chi connectivity index (χ2v) is 4.58. The van der Waals surface area contributed by atoms with Crippen molar-refractivity contribution in [3.63, 3.8) is 0 Å². The van der Waals surface area contributed by atoms with Gasteiger partial charge in [0.25, 0.3) is 5.91 Å². The molecule has 0 saturated heterocycles. The van der Waals surface area contributed by atoms with Gasteiger partial charge in [-0.2, -0.15) is 11.3 Å². The molecule has 2 aromatic rings. The minimum atomic E-state index is 0.0388. The lowest BCUT2D eigenvalue weighted by molar-refractivity contribution is 0.0780. The molecule has 0 aliphatic carbocycles. The summed E-state index contributed by atoms with van der Waals surface area (Å²) in [5, 5.41) is 3.78. The maximum atomic E-state index is 12.0. The fraction of sp³-hybridized carbons (Fsp3) is 0.333. The highest BCUT2D eigenvalue weighted by molar-refractivity contribution is 7.08. The summed E-state index contributed by atoms with van der Waals surface area (Å²) in [6, 6.07) is 1.84. The maximum absolute atomic E-state index is 12.0. The van der Waals surface area contributed by atoms with Gasteiger partial charge in [-0.25, -0.2) is 4.98 Å². The van der Waals surface area contributed by atoms with E-state index in [1.807, 2.05) is 27.6 Å². The third-order valence-electron chi connectivity index (χ3n) is 2.64. The van der Waals surface area contributed by atoms with Gasteiger partial charge in [-0.15, -0.1) is 0 Å². The summed E-state index contributed by atoms with van der Waals surface area (Å²) in [4.78, 5) is 18.0. The van der Waals surface area contributed by atoms with E-state index in [2.05, 4.69) is 11.9 Å². The van der Waals surface area contributed by atoms with Crippen molar-refractivity contribution in [1.29, 1.82) is 0 Å². The number of amides is 1. The number of thiophene rings is 1. The molecule has 5 heteroatoms. The van der Waals surface area contributed by atoms with E-state index in [4.69, 9.17) is 0 Å². The first kappa shape index (κ1) is 11.9. The van der Waals surface area contributed by atoms with Crippen molar-refractivity contribution in [2.75, 3.05) is 7.05 Å². The summed E-state index contributed by atoms with van der Waals surface area (Å²) in [7, 11) is 1.80. The molecular weight excluding hydrogens is 234 g/mol. The first-order valence-corrected chi connectivity index (χ1v) is 6.44. The van der Waals surface area contributed by atoms with Crippen molar-refractivity contribution in [3.05, 3.63) is 40.6 Å². The molecule has 0 radical (unpaired) electrons. The molecule has 2 heterocycles. The summed E-state index contributed by atoms with van der Waals surface area (Å²) in [5.41, 5.74) is 0.743. The second kappa shape index (κ2) is 5.14. The Morgan fingerprint density at radius 1 is 1.59 bits per heavy atom. The molecule has 2 rings (SSSR count). The highest BCUT2D eigenvalue weighted by atomic mass is 32.1. The average molecular weight is 249 g/mol. The number of nitrogens with zero attached hydrogens (tertiary/aromatic N) is 3. The predicted molar refractivity (Wildman–Crippen MR) is 68.0 cm³/mol. The smallest absolute Gasteiger partial charge is 0.254 e. The number of carbonyl (C=O) groups excluding carboxylic acids is 1. The number of rotatable bonds is 4. The predicted octanol–water partition coefficient (Wildman–Crippen LogP) is 2.24. The molecule has 1 amide bonds.